The topological polar surface area (TPSA) is 75.1 Å². The average Bonchev–Trinajstić information content (AvgIpc) is 3.36. The Balaban J connectivity index is 1.43. The van der Waals surface area contributed by atoms with Crippen molar-refractivity contribution >= 4 is 23.0 Å². The van der Waals surface area contributed by atoms with Gasteiger partial charge < -0.3 is 10.4 Å². The van der Waals surface area contributed by atoms with E-state index >= 15 is 0 Å². The van der Waals surface area contributed by atoms with Crippen molar-refractivity contribution in [3.63, 3.8) is 0 Å². The van der Waals surface area contributed by atoms with Gasteiger partial charge in [-0.3, -0.25) is 9.78 Å². The molecule has 1 saturated carbocycles. The van der Waals surface area contributed by atoms with Crippen LogP contribution in [0, 0.1) is 18.7 Å². The minimum absolute atomic E-state index is 0.00671. The first-order valence-electron chi connectivity index (χ1n) is 8.65. The van der Waals surface area contributed by atoms with Gasteiger partial charge in [-0.05, 0) is 43.7 Å². The summed E-state index contributed by atoms with van der Waals surface area (Å²) in [5.41, 5.74) is 3.85. The highest BCUT2D eigenvalue weighted by molar-refractivity contribution is 7.09. The van der Waals surface area contributed by atoms with Gasteiger partial charge in [-0.15, -0.1) is 11.3 Å². The Morgan fingerprint density at radius 2 is 2.22 bits per heavy atom. The zero-order valence-corrected chi connectivity index (χ0v) is 15.5. The molecule has 27 heavy (non-hydrogen) atoms. The summed E-state index contributed by atoms with van der Waals surface area (Å²) in [5.74, 6) is -1.35. The van der Waals surface area contributed by atoms with E-state index in [1.54, 1.807) is 29.7 Å². The third kappa shape index (κ3) is 3.83. The summed E-state index contributed by atoms with van der Waals surface area (Å²) in [5, 5.41) is 15.1. The van der Waals surface area contributed by atoms with Gasteiger partial charge in [-0.25, -0.2) is 9.37 Å². The van der Waals surface area contributed by atoms with Crippen molar-refractivity contribution in [2.24, 2.45) is 5.92 Å². The standard InChI is InChI=1S/C20H18FN3O2S/c1-11-24-19(10-27-11)12-2-4-17(21)13(6-12)8-22-14-3-5-18(23-9-14)15-7-16(15)20(25)26/h2-6,9-10,15-16,22H,7-8H2,1H3,(H,25,26)/t15-,16-/m0/s1. The van der Waals surface area contributed by atoms with E-state index in [1.807, 2.05) is 24.4 Å². The number of carboxylic acid groups (broad SMARTS) is 1. The SMILES string of the molecule is Cc1nc(-c2ccc(F)c(CNc3ccc([C@H]4C[C@@H]4C(=O)O)nc3)c2)cs1. The van der Waals surface area contributed by atoms with Crippen molar-refractivity contribution in [2.45, 2.75) is 25.8 Å². The van der Waals surface area contributed by atoms with Gasteiger partial charge in [0.1, 0.15) is 5.82 Å². The van der Waals surface area contributed by atoms with Gasteiger partial charge in [0, 0.05) is 34.7 Å². The summed E-state index contributed by atoms with van der Waals surface area (Å²) >= 11 is 1.56. The first kappa shape index (κ1) is 17.6. The second-order valence-corrected chi connectivity index (χ2v) is 7.73. The minimum atomic E-state index is -0.769. The summed E-state index contributed by atoms with van der Waals surface area (Å²) in [4.78, 5) is 19.7. The molecule has 7 heteroatoms. The third-order valence-corrected chi connectivity index (χ3v) is 5.49. The molecule has 1 aliphatic carbocycles. The number of rotatable bonds is 6. The van der Waals surface area contributed by atoms with Crippen LogP contribution in [0.1, 0.15) is 28.6 Å². The van der Waals surface area contributed by atoms with Crippen LogP contribution in [0.4, 0.5) is 10.1 Å². The molecule has 5 nitrogen and oxygen atoms in total. The Hall–Kier alpha value is -2.80. The normalized spacial score (nSPS) is 18.3. The molecule has 0 amide bonds. The number of aryl methyl sites for hydroxylation is 1. The highest BCUT2D eigenvalue weighted by Crippen LogP contribution is 2.46. The number of halogens is 1. The van der Waals surface area contributed by atoms with Crippen molar-refractivity contribution in [3.05, 3.63) is 64.0 Å². The maximum Gasteiger partial charge on any atom is 0.307 e. The van der Waals surface area contributed by atoms with Crippen LogP contribution < -0.4 is 5.32 Å². The molecular formula is C20H18FN3O2S. The van der Waals surface area contributed by atoms with Gasteiger partial charge in [0.25, 0.3) is 0 Å². The fourth-order valence-electron chi connectivity index (χ4n) is 3.09. The Morgan fingerprint density at radius 3 is 2.85 bits per heavy atom. The van der Waals surface area contributed by atoms with Gasteiger partial charge in [0.05, 0.1) is 28.5 Å². The van der Waals surface area contributed by atoms with E-state index in [0.29, 0.717) is 18.5 Å². The predicted octanol–water partition coefficient (Wildman–Crippen LogP) is 4.45. The van der Waals surface area contributed by atoms with E-state index in [4.69, 9.17) is 5.11 Å². The second kappa shape index (κ2) is 7.08. The van der Waals surface area contributed by atoms with E-state index in [0.717, 1.165) is 27.6 Å². The van der Waals surface area contributed by atoms with Crippen LogP contribution >= 0.6 is 11.3 Å². The maximum absolute atomic E-state index is 14.2. The molecule has 0 spiro atoms. The van der Waals surface area contributed by atoms with Crippen LogP contribution in [0.2, 0.25) is 0 Å². The maximum atomic E-state index is 14.2. The molecule has 1 aromatic carbocycles. The number of carboxylic acids is 1. The molecule has 2 aromatic heterocycles. The molecule has 1 aliphatic rings. The zero-order valence-electron chi connectivity index (χ0n) is 14.6. The van der Waals surface area contributed by atoms with Crippen LogP contribution in [0.5, 0.6) is 0 Å². The highest BCUT2D eigenvalue weighted by Gasteiger charge is 2.45. The van der Waals surface area contributed by atoms with E-state index in [2.05, 4.69) is 15.3 Å². The molecule has 1 fully saturated rings. The fourth-order valence-corrected chi connectivity index (χ4v) is 3.71. The van der Waals surface area contributed by atoms with Crippen molar-refractivity contribution in [3.8, 4) is 11.3 Å². The Bertz CT molecular complexity index is 987. The summed E-state index contributed by atoms with van der Waals surface area (Å²) in [7, 11) is 0. The molecule has 4 rings (SSSR count). The molecule has 2 N–H and O–H groups in total. The second-order valence-electron chi connectivity index (χ2n) is 6.67. The number of hydrogen-bond donors (Lipinski definition) is 2. The number of anilines is 1. The van der Waals surface area contributed by atoms with E-state index < -0.39 is 5.97 Å². The molecule has 0 radical (unpaired) electrons. The molecular weight excluding hydrogens is 365 g/mol. The zero-order chi connectivity index (χ0) is 19.0. The third-order valence-electron chi connectivity index (χ3n) is 4.72. The monoisotopic (exact) mass is 383 g/mol. The first-order valence-corrected chi connectivity index (χ1v) is 9.53. The Labute approximate surface area is 159 Å². The summed E-state index contributed by atoms with van der Waals surface area (Å²) in [6.07, 6.45) is 2.31. The lowest BCUT2D eigenvalue weighted by Crippen LogP contribution is -2.03. The van der Waals surface area contributed by atoms with Crippen molar-refractivity contribution in [2.75, 3.05) is 5.32 Å². The number of aromatic nitrogens is 2. The molecule has 3 aromatic rings. The van der Waals surface area contributed by atoms with Crippen molar-refractivity contribution in [1.29, 1.82) is 0 Å². The number of hydrogen-bond acceptors (Lipinski definition) is 5. The number of aliphatic carboxylic acids is 1. The number of benzene rings is 1. The van der Waals surface area contributed by atoms with Crippen LogP contribution in [0.25, 0.3) is 11.3 Å². The molecule has 0 saturated heterocycles. The van der Waals surface area contributed by atoms with Crippen LogP contribution in [0.3, 0.4) is 0 Å². The lowest BCUT2D eigenvalue weighted by atomic mass is 10.1. The smallest absolute Gasteiger partial charge is 0.307 e. The summed E-state index contributed by atoms with van der Waals surface area (Å²) in [6, 6.07) is 8.69. The molecule has 0 aliphatic heterocycles. The van der Waals surface area contributed by atoms with Gasteiger partial charge in [0.2, 0.25) is 0 Å². The van der Waals surface area contributed by atoms with Gasteiger partial charge in [0.15, 0.2) is 0 Å². The summed E-state index contributed by atoms with van der Waals surface area (Å²) < 4.78 is 14.2. The number of thiazole rings is 1. The number of nitrogens with one attached hydrogen (secondary N) is 1. The molecule has 138 valence electrons. The van der Waals surface area contributed by atoms with Crippen LogP contribution in [-0.4, -0.2) is 21.0 Å². The van der Waals surface area contributed by atoms with Crippen molar-refractivity contribution < 1.29 is 14.3 Å². The number of nitrogens with zero attached hydrogens (tertiary/aromatic N) is 2. The Morgan fingerprint density at radius 1 is 1.37 bits per heavy atom. The fraction of sp³-hybridized carbons (Fsp3) is 0.250. The molecule has 2 heterocycles. The summed E-state index contributed by atoms with van der Waals surface area (Å²) in [6.45, 7) is 2.27. The number of carbonyl (C=O) groups is 1. The molecule has 0 bridgehead atoms. The van der Waals surface area contributed by atoms with E-state index in [1.165, 1.54) is 6.07 Å². The minimum Gasteiger partial charge on any atom is -0.481 e. The van der Waals surface area contributed by atoms with Crippen LogP contribution in [-0.2, 0) is 11.3 Å². The van der Waals surface area contributed by atoms with Gasteiger partial charge in [-0.2, -0.15) is 0 Å². The predicted molar refractivity (Wildman–Crippen MR) is 102 cm³/mol. The first-order chi connectivity index (χ1) is 13.0. The number of pyridine rings is 1. The molecule has 0 unspecified atom stereocenters. The van der Waals surface area contributed by atoms with Crippen LogP contribution in [0.15, 0.2) is 41.9 Å². The van der Waals surface area contributed by atoms with Gasteiger partial charge >= 0.3 is 5.97 Å². The Kier molecular flexibility index (Phi) is 4.61. The van der Waals surface area contributed by atoms with Crippen molar-refractivity contribution in [1.82, 2.24) is 9.97 Å². The lowest BCUT2D eigenvalue weighted by molar-refractivity contribution is -0.138. The van der Waals surface area contributed by atoms with E-state index in [-0.39, 0.29) is 17.7 Å². The molecule has 2 atom stereocenters. The average molecular weight is 383 g/mol. The quantitative estimate of drug-likeness (QED) is 0.658. The van der Waals surface area contributed by atoms with Gasteiger partial charge in [-0.1, -0.05) is 0 Å². The lowest BCUT2D eigenvalue weighted by Gasteiger charge is -2.09. The largest absolute Gasteiger partial charge is 0.481 e. The van der Waals surface area contributed by atoms with E-state index in [9.17, 15) is 9.18 Å². The highest BCUT2D eigenvalue weighted by atomic mass is 32.1.